The topological polar surface area (TPSA) is 72.0 Å². The second-order valence-electron chi connectivity index (χ2n) is 5.79. The predicted octanol–water partition coefficient (Wildman–Crippen LogP) is 3.64. The molecule has 2 N–H and O–H groups in total. The van der Waals surface area contributed by atoms with E-state index in [-0.39, 0.29) is 35.7 Å². The standard InChI is InChI=1S/C18H26F3N3O3.HI/c1-22-17(23-11-5-3-4-6-16(25)26-2)24-12-14-7-9-15(10-8-14)27-13-18(19,20)21;/h7-10H,3-6,11-13H2,1-2H3,(H2,22,23,24);1H. The number of alkyl halides is 3. The Kier molecular flexibility index (Phi) is 13.4. The Labute approximate surface area is 180 Å². The summed E-state index contributed by atoms with van der Waals surface area (Å²) >= 11 is 0. The molecule has 0 amide bonds. The summed E-state index contributed by atoms with van der Waals surface area (Å²) in [6.45, 7) is -0.118. The zero-order valence-corrected chi connectivity index (χ0v) is 18.3. The minimum atomic E-state index is -4.35. The lowest BCUT2D eigenvalue weighted by atomic mass is 10.2. The van der Waals surface area contributed by atoms with Crippen molar-refractivity contribution in [2.75, 3.05) is 27.3 Å². The second kappa shape index (κ2) is 14.3. The van der Waals surface area contributed by atoms with E-state index in [0.717, 1.165) is 24.8 Å². The van der Waals surface area contributed by atoms with Gasteiger partial charge >= 0.3 is 12.1 Å². The molecule has 0 unspecified atom stereocenters. The van der Waals surface area contributed by atoms with Crippen molar-refractivity contribution in [3.63, 3.8) is 0 Å². The largest absolute Gasteiger partial charge is 0.484 e. The molecule has 6 nitrogen and oxygen atoms in total. The first-order valence-corrected chi connectivity index (χ1v) is 8.64. The fourth-order valence-corrected chi connectivity index (χ4v) is 2.16. The maximum atomic E-state index is 12.1. The molecule has 0 fully saturated rings. The summed E-state index contributed by atoms with van der Waals surface area (Å²) in [5.41, 5.74) is 0.885. The Morgan fingerprint density at radius 2 is 1.79 bits per heavy atom. The van der Waals surface area contributed by atoms with Gasteiger partial charge in [0.2, 0.25) is 0 Å². The molecule has 0 radical (unpaired) electrons. The van der Waals surface area contributed by atoms with E-state index >= 15 is 0 Å². The molecule has 0 aliphatic rings. The van der Waals surface area contributed by atoms with Crippen LogP contribution in [-0.2, 0) is 16.1 Å². The van der Waals surface area contributed by atoms with Gasteiger partial charge < -0.3 is 20.1 Å². The third kappa shape index (κ3) is 12.6. The molecule has 1 aromatic carbocycles. The van der Waals surface area contributed by atoms with Crippen LogP contribution in [0.25, 0.3) is 0 Å². The smallest absolute Gasteiger partial charge is 0.422 e. The zero-order chi connectivity index (χ0) is 20.1. The van der Waals surface area contributed by atoms with Gasteiger partial charge in [-0.25, -0.2) is 0 Å². The van der Waals surface area contributed by atoms with Crippen LogP contribution in [0.1, 0.15) is 31.2 Å². The lowest BCUT2D eigenvalue weighted by Gasteiger charge is -2.13. The summed E-state index contributed by atoms with van der Waals surface area (Å²) in [5.74, 6) is 0.598. The number of nitrogens with one attached hydrogen (secondary N) is 2. The number of nitrogens with zero attached hydrogens (tertiary/aromatic N) is 1. The maximum Gasteiger partial charge on any atom is 0.422 e. The maximum absolute atomic E-state index is 12.1. The monoisotopic (exact) mass is 517 g/mol. The highest BCUT2D eigenvalue weighted by Gasteiger charge is 2.28. The van der Waals surface area contributed by atoms with Crippen molar-refractivity contribution in [3.8, 4) is 5.75 Å². The van der Waals surface area contributed by atoms with E-state index in [9.17, 15) is 18.0 Å². The highest BCUT2D eigenvalue weighted by Crippen LogP contribution is 2.18. The molecule has 0 saturated heterocycles. The van der Waals surface area contributed by atoms with Gasteiger partial charge in [0.1, 0.15) is 5.75 Å². The van der Waals surface area contributed by atoms with E-state index in [2.05, 4.69) is 25.1 Å². The Hall–Kier alpha value is -1.72. The van der Waals surface area contributed by atoms with Crippen LogP contribution in [-0.4, -0.2) is 45.4 Å². The van der Waals surface area contributed by atoms with Crippen LogP contribution in [0, 0.1) is 0 Å². The lowest BCUT2D eigenvalue weighted by Crippen LogP contribution is -2.37. The normalized spacial score (nSPS) is 11.4. The number of ether oxygens (including phenoxy) is 2. The van der Waals surface area contributed by atoms with Gasteiger partial charge in [0.25, 0.3) is 0 Å². The minimum absolute atomic E-state index is 0. The molecule has 10 heteroatoms. The average Bonchev–Trinajstić information content (AvgIpc) is 2.65. The second-order valence-corrected chi connectivity index (χ2v) is 5.79. The summed E-state index contributed by atoms with van der Waals surface area (Å²) in [7, 11) is 3.03. The van der Waals surface area contributed by atoms with E-state index in [1.807, 2.05) is 0 Å². The number of rotatable bonds is 10. The van der Waals surface area contributed by atoms with E-state index in [4.69, 9.17) is 0 Å². The van der Waals surface area contributed by atoms with Crippen molar-refractivity contribution in [3.05, 3.63) is 29.8 Å². The van der Waals surface area contributed by atoms with Gasteiger partial charge in [-0.05, 0) is 30.5 Å². The van der Waals surface area contributed by atoms with Gasteiger partial charge in [0, 0.05) is 26.6 Å². The van der Waals surface area contributed by atoms with E-state index < -0.39 is 12.8 Å². The van der Waals surface area contributed by atoms with Gasteiger partial charge in [-0.1, -0.05) is 18.6 Å². The summed E-state index contributed by atoms with van der Waals surface area (Å²) in [4.78, 5) is 15.1. The van der Waals surface area contributed by atoms with Crippen LogP contribution >= 0.6 is 24.0 Å². The molecule has 1 aromatic rings. The Morgan fingerprint density at radius 1 is 1.11 bits per heavy atom. The molecular weight excluding hydrogens is 490 g/mol. The Balaban J connectivity index is 0.00000729. The molecule has 0 aliphatic heterocycles. The predicted molar refractivity (Wildman–Crippen MR) is 112 cm³/mol. The molecule has 28 heavy (non-hydrogen) atoms. The number of carbonyl (C=O) groups is 1. The van der Waals surface area contributed by atoms with Crippen LogP contribution in [0.4, 0.5) is 13.2 Å². The molecule has 0 atom stereocenters. The first-order valence-electron chi connectivity index (χ1n) is 8.64. The summed E-state index contributed by atoms with van der Waals surface area (Å²) < 4.78 is 45.6. The molecule has 0 bridgehead atoms. The van der Waals surface area contributed by atoms with Crippen LogP contribution in [0.15, 0.2) is 29.3 Å². The van der Waals surface area contributed by atoms with Gasteiger partial charge in [-0.2, -0.15) is 13.2 Å². The number of aliphatic imine (C=N–C) groups is 1. The zero-order valence-electron chi connectivity index (χ0n) is 16.0. The quantitative estimate of drug-likeness (QED) is 0.163. The number of carbonyl (C=O) groups excluding carboxylic acids is 1. The van der Waals surface area contributed by atoms with Gasteiger partial charge in [0.05, 0.1) is 7.11 Å². The van der Waals surface area contributed by atoms with Crippen molar-refractivity contribution in [1.29, 1.82) is 0 Å². The summed E-state index contributed by atoms with van der Waals surface area (Å²) in [6, 6.07) is 6.39. The molecule has 0 aliphatic carbocycles. The van der Waals surface area contributed by atoms with Crippen molar-refractivity contribution in [2.24, 2.45) is 4.99 Å². The van der Waals surface area contributed by atoms with Crippen molar-refractivity contribution >= 4 is 35.9 Å². The van der Waals surface area contributed by atoms with E-state index in [1.54, 1.807) is 19.2 Å². The number of methoxy groups -OCH3 is 1. The Morgan fingerprint density at radius 3 is 2.36 bits per heavy atom. The minimum Gasteiger partial charge on any atom is -0.484 e. The number of unbranched alkanes of at least 4 members (excludes halogenated alkanes) is 2. The number of hydrogen-bond donors (Lipinski definition) is 2. The van der Waals surface area contributed by atoms with Gasteiger partial charge in [-0.3, -0.25) is 9.79 Å². The van der Waals surface area contributed by atoms with Crippen molar-refractivity contribution in [2.45, 2.75) is 38.4 Å². The van der Waals surface area contributed by atoms with Crippen LogP contribution < -0.4 is 15.4 Å². The van der Waals surface area contributed by atoms with Crippen LogP contribution in [0.2, 0.25) is 0 Å². The fourth-order valence-electron chi connectivity index (χ4n) is 2.16. The fraction of sp³-hybridized carbons (Fsp3) is 0.556. The van der Waals surface area contributed by atoms with Crippen LogP contribution in [0.5, 0.6) is 5.75 Å². The molecule has 1 rings (SSSR count). The van der Waals surface area contributed by atoms with E-state index in [1.165, 1.54) is 19.2 Å². The molecule has 0 aromatic heterocycles. The first-order chi connectivity index (χ1) is 12.8. The number of benzene rings is 1. The third-order valence-electron chi connectivity index (χ3n) is 3.59. The lowest BCUT2D eigenvalue weighted by molar-refractivity contribution is -0.153. The highest BCUT2D eigenvalue weighted by molar-refractivity contribution is 14.0. The molecule has 0 saturated carbocycles. The van der Waals surface area contributed by atoms with Gasteiger partial charge in [-0.15, -0.1) is 24.0 Å². The van der Waals surface area contributed by atoms with E-state index in [0.29, 0.717) is 25.5 Å². The summed E-state index contributed by atoms with van der Waals surface area (Å²) in [6.07, 6.45) is -1.35. The average molecular weight is 517 g/mol. The number of halogens is 4. The Bertz CT molecular complexity index is 596. The molecule has 0 spiro atoms. The number of guanidine groups is 1. The van der Waals surface area contributed by atoms with Gasteiger partial charge in [0.15, 0.2) is 12.6 Å². The van der Waals surface area contributed by atoms with Crippen molar-refractivity contribution < 1.29 is 27.4 Å². The number of hydrogen-bond acceptors (Lipinski definition) is 4. The number of esters is 1. The van der Waals surface area contributed by atoms with Crippen molar-refractivity contribution in [1.82, 2.24) is 10.6 Å². The molecule has 160 valence electrons. The SMILES string of the molecule is CN=C(NCCCCCC(=O)OC)NCc1ccc(OCC(F)(F)F)cc1.I. The first kappa shape index (κ1) is 26.3. The molecule has 0 heterocycles. The highest BCUT2D eigenvalue weighted by atomic mass is 127. The van der Waals surface area contributed by atoms with Crippen LogP contribution in [0.3, 0.4) is 0 Å². The summed E-state index contributed by atoms with van der Waals surface area (Å²) in [5, 5.41) is 6.29. The third-order valence-corrected chi connectivity index (χ3v) is 3.59. The molecular formula is C18H27F3IN3O3.